The molecule has 2 fully saturated rings. The van der Waals surface area contributed by atoms with Crippen LogP contribution in [0.4, 0.5) is 20.7 Å². The summed E-state index contributed by atoms with van der Waals surface area (Å²) in [6, 6.07) is 7.39. The highest BCUT2D eigenvalue weighted by atomic mass is 19.1. The molecule has 2 aromatic rings. The molecule has 3 aliphatic rings. The van der Waals surface area contributed by atoms with Gasteiger partial charge in [-0.1, -0.05) is 12.1 Å². The van der Waals surface area contributed by atoms with Crippen LogP contribution in [0.25, 0.3) is 0 Å². The molecule has 39 heavy (non-hydrogen) atoms. The minimum absolute atomic E-state index is 0.105. The van der Waals surface area contributed by atoms with E-state index in [0.29, 0.717) is 50.9 Å². The molecule has 3 aliphatic heterocycles. The smallest absolute Gasteiger partial charge is 0.407 e. The first-order valence-electron chi connectivity index (χ1n) is 13.7. The van der Waals surface area contributed by atoms with Crippen LogP contribution < -0.4 is 14.5 Å². The Hall–Kier alpha value is -3.65. The first-order chi connectivity index (χ1) is 18.9. The molecule has 208 valence electrons. The fourth-order valence-corrected chi connectivity index (χ4v) is 6.07. The summed E-state index contributed by atoms with van der Waals surface area (Å²) in [6.45, 7) is 5.63. The minimum Gasteiger partial charge on any atom is -0.465 e. The molecule has 0 radical (unpaired) electrons. The number of carbonyl (C=O) groups is 1. The number of likely N-dealkylation sites (tertiary alicyclic amines) is 1. The van der Waals surface area contributed by atoms with E-state index in [9.17, 15) is 19.6 Å². The van der Waals surface area contributed by atoms with E-state index in [1.807, 2.05) is 17.9 Å². The second-order valence-corrected chi connectivity index (χ2v) is 10.7. The molecular weight excluding hydrogens is 501 g/mol. The van der Waals surface area contributed by atoms with Gasteiger partial charge in [0.05, 0.1) is 36.5 Å². The van der Waals surface area contributed by atoms with E-state index >= 15 is 0 Å². The number of benzene rings is 1. The second kappa shape index (κ2) is 11.6. The Morgan fingerprint density at radius 2 is 2.03 bits per heavy atom. The van der Waals surface area contributed by atoms with E-state index in [2.05, 4.69) is 22.9 Å². The van der Waals surface area contributed by atoms with Gasteiger partial charge in [0, 0.05) is 37.8 Å². The lowest BCUT2D eigenvalue weighted by Gasteiger charge is -2.40. The van der Waals surface area contributed by atoms with Crippen LogP contribution in [0.1, 0.15) is 42.5 Å². The van der Waals surface area contributed by atoms with Crippen molar-refractivity contribution in [1.29, 1.82) is 5.26 Å². The molecule has 2 atom stereocenters. The predicted octanol–water partition coefficient (Wildman–Crippen LogP) is 3.43. The number of piperazine rings is 1. The van der Waals surface area contributed by atoms with Crippen molar-refractivity contribution in [3.8, 4) is 12.1 Å². The fraction of sp³-hybridized carbons (Fsp3) is 0.571. The Bertz CT molecular complexity index is 1230. The lowest BCUT2D eigenvalue weighted by molar-refractivity contribution is 0.119. The first-order valence-corrected chi connectivity index (χ1v) is 13.7. The Morgan fingerprint density at radius 1 is 1.18 bits per heavy atom. The number of hydrogen-bond donors (Lipinski definition) is 1. The zero-order chi connectivity index (χ0) is 27.5. The number of amides is 1. The number of halogens is 1. The molecule has 0 unspecified atom stereocenters. The van der Waals surface area contributed by atoms with Crippen molar-refractivity contribution in [2.75, 3.05) is 56.2 Å². The highest BCUT2D eigenvalue weighted by Gasteiger charge is 2.34. The second-order valence-electron chi connectivity index (χ2n) is 10.7. The Balaban J connectivity index is 1.49. The summed E-state index contributed by atoms with van der Waals surface area (Å²) in [6.07, 6.45) is 2.78. The molecule has 0 aliphatic carbocycles. The van der Waals surface area contributed by atoms with E-state index in [-0.39, 0.29) is 24.8 Å². The number of aromatic nitrogens is 2. The number of carboxylic acid groups (broad SMARTS) is 1. The Kier molecular flexibility index (Phi) is 8.02. The van der Waals surface area contributed by atoms with Gasteiger partial charge in [0.25, 0.3) is 0 Å². The molecule has 5 rings (SSSR count). The van der Waals surface area contributed by atoms with Gasteiger partial charge in [-0.2, -0.15) is 15.2 Å². The van der Waals surface area contributed by atoms with E-state index < -0.39 is 12.1 Å². The maximum absolute atomic E-state index is 14.9. The standard InChI is InChI=1S/C28H36FN7O3/c1-19-6-3-9-23(29)25(19)34-13-5-8-22-24(17-34)31-27(39-18-21-7-4-12-33(21)2)32-26(22)35-14-15-36(28(37)38)20(16-35)10-11-30/h3,6,9,20-21H,4-5,7-8,10,12-18H2,1-2H3,(H,37,38)/t20-,21-/m0/s1. The summed E-state index contributed by atoms with van der Waals surface area (Å²) in [7, 11) is 2.09. The monoisotopic (exact) mass is 537 g/mol. The number of para-hydroxylation sites is 1. The predicted molar refractivity (Wildman–Crippen MR) is 145 cm³/mol. The van der Waals surface area contributed by atoms with Crippen molar-refractivity contribution in [2.24, 2.45) is 0 Å². The van der Waals surface area contributed by atoms with Crippen LogP contribution in [0.5, 0.6) is 6.01 Å². The van der Waals surface area contributed by atoms with Gasteiger partial charge in [0.2, 0.25) is 0 Å². The molecule has 0 spiro atoms. The summed E-state index contributed by atoms with van der Waals surface area (Å²) >= 11 is 0. The molecule has 0 saturated carbocycles. The number of aryl methyl sites for hydroxylation is 1. The van der Waals surface area contributed by atoms with Gasteiger partial charge in [-0.3, -0.25) is 0 Å². The molecule has 1 aromatic heterocycles. The van der Waals surface area contributed by atoms with Gasteiger partial charge < -0.3 is 29.4 Å². The SMILES string of the molecule is Cc1cccc(F)c1N1CCCc2c(nc(OC[C@@H]3CCCN3C)nc2N2CCN(C(=O)O)[C@@H](CC#N)C2)C1. The van der Waals surface area contributed by atoms with Crippen molar-refractivity contribution >= 4 is 17.6 Å². The lowest BCUT2D eigenvalue weighted by atomic mass is 10.1. The molecule has 2 saturated heterocycles. The molecule has 1 aromatic carbocycles. The Morgan fingerprint density at radius 3 is 2.74 bits per heavy atom. The van der Waals surface area contributed by atoms with Crippen LogP contribution in [-0.4, -0.2) is 89.4 Å². The number of fused-ring (bicyclic) bond motifs is 1. The average Bonchev–Trinajstić information content (AvgIpc) is 3.20. The van der Waals surface area contributed by atoms with Crippen LogP contribution in [0.2, 0.25) is 0 Å². The van der Waals surface area contributed by atoms with Crippen LogP contribution >= 0.6 is 0 Å². The summed E-state index contributed by atoms with van der Waals surface area (Å²) in [5.41, 5.74) is 3.24. The maximum atomic E-state index is 14.9. The van der Waals surface area contributed by atoms with Gasteiger partial charge >= 0.3 is 12.1 Å². The third-order valence-electron chi connectivity index (χ3n) is 8.18. The molecule has 10 nitrogen and oxygen atoms in total. The number of nitrogens with zero attached hydrogens (tertiary/aromatic N) is 7. The molecular formula is C28H36FN7O3. The average molecular weight is 538 g/mol. The van der Waals surface area contributed by atoms with E-state index in [4.69, 9.17) is 14.7 Å². The van der Waals surface area contributed by atoms with E-state index in [0.717, 1.165) is 48.4 Å². The van der Waals surface area contributed by atoms with Gasteiger partial charge in [-0.05, 0) is 57.8 Å². The number of nitriles is 1. The zero-order valence-corrected chi connectivity index (χ0v) is 22.6. The largest absolute Gasteiger partial charge is 0.465 e. The fourth-order valence-electron chi connectivity index (χ4n) is 6.07. The van der Waals surface area contributed by atoms with Gasteiger partial charge in [0.1, 0.15) is 18.2 Å². The molecule has 0 bridgehead atoms. The summed E-state index contributed by atoms with van der Waals surface area (Å²) < 4.78 is 21.1. The van der Waals surface area contributed by atoms with Gasteiger partial charge in [-0.15, -0.1) is 0 Å². The lowest BCUT2D eigenvalue weighted by Crippen LogP contribution is -2.55. The number of rotatable bonds is 6. The molecule has 4 heterocycles. The number of hydrogen-bond acceptors (Lipinski definition) is 8. The summed E-state index contributed by atoms with van der Waals surface area (Å²) in [4.78, 5) is 29.2. The highest BCUT2D eigenvalue weighted by Crippen LogP contribution is 2.34. The third-order valence-corrected chi connectivity index (χ3v) is 8.18. The molecule has 11 heteroatoms. The topological polar surface area (TPSA) is 109 Å². The van der Waals surface area contributed by atoms with Crippen molar-refractivity contribution in [3.63, 3.8) is 0 Å². The summed E-state index contributed by atoms with van der Waals surface area (Å²) in [5.74, 6) is 0.479. The van der Waals surface area contributed by atoms with Crippen LogP contribution in [0.3, 0.4) is 0 Å². The van der Waals surface area contributed by atoms with Crippen LogP contribution in [-0.2, 0) is 13.0 Å². The number of anilines is 2. The quantitative estimate of drug-likeness (QED) is 0.593. The van der Waals surface area contributed by atoms with Gasteiger partial charge in [0.15, 0.2) is 0 Å². The van der Waals surface area contributed by atoms with Crippen molar-refractivity contribution in [3.05, 3.63) is 40.8 Å². The van der Waals surface area contributed by atoms with Crippen molar-refractivity contribution in [1.82, 2.24) is 19.8 Å². The molecule has 1 N–H and O–H groups in total. The first kappa shape index (κ1) is 26.9. The Labute approximate surface area is 228 Å². The van der Waals surface area contributed by atoms with Crippen molar-refractivity contribution in [2.45, 2.75) is 57.7 Å². The van der Waals surface area contributed by atoms with E-state index in [1.54, 1.807) is 6.07 Å². The minimum atomic E-state index is -1.02. The molecule has 1 amide bonds. The van der Waals surface area contributed by atoms with Crippen LogP contribution in [0.15, 0.2) is 18.2 Å². The zero-order valence-electron chi connectivity index (χ0n) is 22.6. The number of ether oxygens (including phenoxy) is 1. The highest BCUT2D eigenvalue weighted by molar-refractivity contribution is 5.66. The third kappa shape index (κ3) is 5.71. The summed E-state index contributed by atoms with van der Waals surface area (Å²) in [5, 5.41) is 19.0. The maximum Gasteiger partial charge on any atom is 0.407 e. The van der Waals surface area contributed by atoms with Gasteiger partial charge in [-0.25, -0.2) is 9.18 Å². The van der Waals surface area contributed by atoms with E-state index in [1.165, 1.54) is 11.0 Å². The number of likely N-dealkylation sites (N-methyl/N-ethyl adjacent to an activating group) is 1. The van der Waals surface area contributed by atoms with Crippen molar-refractivity contribution < 1.29 is 19.0 Å². The normalized spacial score (nSPS) is 21.8. The van der Waals surface area contributed by atoms with Crippen LogP contribution in [0, 0.1) is 24.1 Å².